The number of nitrogens with zero attached hydrogens (tertiary/aromatic N) is 2. The Hall–Kier alpha value is -1.63. The highest BCUT2D eigenvalue weighted by Gasteiger charge is 2.28. The summed E-state index contributed by atoms with van der Waals surface area (Å²) in [5.74, 6) is -0.796. The molecule has 0 amide bonds. The van der Waals surface area contributed by atoms with Crippen molar-refractivity contribution < 1.29 is 12.8 Å². The third kappa shape index (κ3) is 3.88. The molecule has 1 aliphatic rings. The molecular weight excluding hydrogens is 351 g/mol. The van der Waals surface area contributed by atoms with E-state index in [9.17, 15) is 12.8 Å². The highest BCUT2D eigenvalue weighted by Crippen LogP contribution is 2.22. The van der Waals surface area contributed by atoms with Gasteiger partial charge in [0, 0.05) is 42.5 Å². The lowest BCUT2D eigenvalue weighted by Gasteiger charge is -2.35. The van der Waals surface area contributed by atoms with Crippen LogP contribution < -0.4 is 4.90 Å². The molecule has 0 spiro atoms. The normalized spacial score (nSPS) is 16.3. The molecule has 1 aliphatic heterocycles. The first-order valence-corrected chi connectivity index (χ1v) is 9.66. The zero-order valence-corrected chi connectivity index (χ0v) is 14.6. The van der Waals surface area contributed by atoms with Gasteiger partial charge in [0.05, 0.1) is 5.75 Å². The number of hydrogen-bond donors (Lipinski definition) is 0. The largest absolute Gasteiger partial charge is 0.369 e. The molecule has 1 saturated heterocycles. The van der Waals surface area contributed by atoms with Crippen molar-refractivity contribution >= 4 is 27.3 Å². The van der Waals surface area contributed by atoms with Crippen LogP contribution in [0.1, 0.15) is 5.56 Å². The highest BCUT2D eigenvalue weighted by atomic mass is 35.5. The van der Waals surface area contributed by atoms with Gasteiger partial charge in [0.1, 0.15) is 5.82 Å². The van der Waals surface area contributed by atoms with Crippen molar-refractivity contribution in [1.82, 2.24) is 4.31 Å². The SMILES string of the molecule is O=S(=O)(Cc1ccccc1F)N1CCN(c2cccc(Cl)c2)CC1. The minimum absolute atomic E-state index is 0.203. The van der Waals surface area contributed by atoms with Crippen LogP contribution in [-0.4, -0.2) is 38.9 Å². The minimum atomic E-state index is -3.53. The van der Waals surface area contributed by atoms with Crippen LogP contribution in [0.3, 0.4) is 0 Å². The van der Waals surface area contributed by atoms with Crippen LogP contribution in [0.15, 0.2) is 48.5 Å². The Morgan fingerprint density at radius 1 is 1.00 bits per heavy atom. The van der Waals surface area contributed by atoms with E-state index >= 15 is 0 Å². The summed E-state index contributed by atoms with van der Waals surface area (Å²) in [7, 11) is -3.53. The molecular formula is C17H18ClFN2O2S. The average molecular weight is 369 g/mol. The van der Waals surface area contributed by atoms with E-state index < -0.39 is 15.8 Å². The number of benzene rings is 2. The van der Waals surface area contributed by atoms with Crippen molar-refractivity contribution in [2.75, 3.05) is 31.1 Å². The van der Waals surface area contributed by atoms with Crippen LogP contribution in [0.2, 0.25) is 5.02 Å². The van der Waals surface area contributed by atoms with E-state index in [0.717, 1.165) is 5.69 Å². The van der Waals surface area contributed by atoms with Crippen molar-refractivity contribution in [1.29, 1.82) is 0 Å². The molecule has 24 heavy (non-hydrogen) atoms. The third-order valence-electron chi connectivity index (χ3n) is 4.10. The van der Waals surface area contributed by atoms with E-state index in [2.05, 4.69) is 4.90 Å². The predicted octanol–water partition coefficient (Wildman–Crippen LogP) is 3.13. The van der Waals surface area contributed by atoms with Crippen LogP contribution in [0.4, 0.5) is 10.1 Å². The Bertz CT molecular complexity index is 821. The van der Waals surface area contributed by atoms with Crippen molar-refractivity contribution in [2.24, 2.45) is 0 Å². The summed E-state index contributed by atoms with van der Waals surface area (Å²) in [4.78, 5) is 2.10. The van der Waals surface area contributed by atoms with E-state index in [1.165, 1.54) is 16.4 Å². The molecule has 2 aromatic carbocycles. The molecule has 0 aromatic heterocycles. The first kappa shape index (κ1) is 17.2. The number of piperazine rings is 1. The fourth-order valence-electron chi connectivity index (χ4n) is 2.80. The van der Waals surface area contributed by atoms with Crippen LogP contribution >= 0.6 is 11.6 Å². The fourth-order valence-corrected chi connectivity index (χ4v) is 4.51. The lowest BCUT2D eigenvalue weighted by atomic mass is 10.2. The number of halogens is 2. The zero-order chi connectivity index (χ0) is 17.2. The minimum Gasteiger partial charge on any atom is -0.369 e. The lowest BCUT2D eigenvalue weighted by Crippen LogP contribution is -2.49. The second kappa shape index (κ2) is 7.09. The summed E-state index contributed by atoms with van der Waals surface area (Å²) in [5, 5.41) is 0.655. The number of rotatable bonds is 4. The summed E-state index contributed by atoms with van der Waals surface area (Å²) in [6, 6.07) is 13.5. The first-order valence-electron chi connectivity index (χ1n) is 7.67. The summed E-state index contributed by atoms with van der Waals surface area (Å²) in [6.07, 6.45) is 0. The van der Waals surface area contributed by atoms with Crippen molar-refractivity contribution in [3.05, 3.63) is 64.9 Å². The molecule has 7 heteroatoms. The second-order valence-electron chi connectivity index (χ2n) is 5.71. The standard InChI is InChI=1S/C17H18ClFN2O2S/c18-15-5-3-6-16(12-15)20-8-10-21(11-9-20)24(22,23)13-14-4-1-2-7-17(14)19/h1-7,12H,8-11,13H2. The Morgan fingerprint density at radius 2 is 1.71 bits per heavy atom. The third-order valence-corrected chi connectivity index (χ3v) is 6.16. The smallest absolute Gasteiger partial charge is 0.218 e. The van der Waals surface area contributed by atoms with Gasteiger partial charge < -0.3 is 4.90 Å². The van der Waals surface area contributed by atoms with Gasteiger partial charge in [0.2, 0.25) is 10.0 Å². The van der Waals surface area contributed by atoms with E-state index in [1.54, 1.807) is 18.2 Å². The maximum atomic E-state index is 13.7. The molecule has 1 fully saturated rings. The van der Waals surface area contributed by atoms with Gasteiger partial charge in [-0.1, -0.05) is 35.9 Å². The monoisotopic (exact) mass is 368 g/mol. The molecule has 0 saturated carbocycles. The molecule has 0 unspecified atom stereocenters. The lowest BCUT2D eigenvalue weighted by molar-refractivity contribution is 0.384. The van der Waals surface area contributed by atoms with Gasteiger partial charge in [-0.15, -0.1) is 0 Å². The highest BCUT2D eigenvalue weighted by molar-refractivity contribution is 7.88. The van der Waals surface area contributed by atoms with Gasteiger partial charge in [0.15, 0.2) is 0 Å². The Balaban J connectivity index is 1.66. The van der Waals surface area contributed by atoms with Crippen LogP contribution in [0, 0.1) is 5.82 Å². The molecule has 0 N–H and O–H groups in total. The van der Waals surface area contributed by atoms with Gasteiger partial charge in [0.25, 0.3) is 0 Å². The Morgan fingerprint density at radius 3 is 2.38 bits per heavy atom. The van der Waals surface area contributed by atoms with Gasteiger partial charge in [-0.3, -0.25) is 0 Å². The maximum absolute atomic E-state index is 13.7. The van der Waals surface area contributed by atoms with Gasteiger partial charge >= 0.3 is 0 Å². The van der Waals surface area contributed by atoms with Crippen molar-refractivity contribution in [2.45, 2.75) is 5.75 Å². The molecule has 4 nitrogen and oxygen atoms in total. The molecule has 0 radical (unpaired) electrons. The van der Waals surface area contributed by atoms with E-state index in [4.69, 9.17) is 11.6 Å². The molecule has 3 rings (SSSR count). The molecule has 0 atom stereocenters. The molecule has 1 heterocycles. The van der Waals surface area contributed by atoms with Crippen LogP contribution in [-0.2, 0) is 15.8 Å². The summed E-state index contributed by atoms with van der Waals surface area (Å²) < 4.78 is 40.2. The molecule has 0 aliphatic carbocycles. The summed E-state index contributed by atoms with van der Waals surface area (Å²) in [6.45, 7) is 1.92. The first-order chi connectivity index (χ1) is 11.5. The number of anilines is 1. The van der Waals surface area contributed by atoms with Crippen molar-refractivity contribution in [3.8, 4) is 0 Å². The Kier molecular flexibility index (Phi) is 5.08. The molecule has 128 valence electrons. The number of hydrogen-bond acceptors (Lipinski definition) is 3. The van der Waals surface area contributed by atoms with Gasteiger partial charge in [-0.05, 0) is 24.3 Å². The zero-order valence-electron chi connectivity index (χ0n) is 13.0. The second-order valence-corrected chi connectivity index (χ2v) is 8.12. The fraction of sp³-hybridized carbons (Fsp3) is 0.294. The van der Waals surface area contributed by atoms with Crippen molar-refractivity contribution in [3.63, 3.8) is 0 Å². The van der Waals surface area contributed by atoms with Crippen LogP contribution in [0.5, 0.6) is 0 Å². The quantitative estimate of drug-likeness (QED) is 0.832. The summed E-state index contributed by atoms with van der Waals surface area (Å²) >= 11 is 6.00. The predicted molar refractivity (Wildman–Crippen MR) is 94.3 cm³/mol. The molecule has 0 bridgehead atoms. The van der Waals surface area contributed by atoms with Gasteiger partial charge in [-0.25, -0.2) is 12.8 Å². The van der Waals surface area contributed by atoms with E-state index in [1.807, 2.05) is 18.2 Å². The topological polar surface area (TPSA) is 40.6 Å². The average Bonchev–Trinajstić information content (AvgIpc) is 2.57. The maximum Gasteiger partial charge on any atom is 0.218 e. The van der Waals surface area contributed by atoms with Gasteiger partial charge in [-0.2, -0.15) is 4.31 Å². The van der Waals surface area contributed by atoms with E-state index in [0.29, 0.717) is 31.2 Å². The molecule has 2 aromatic rings. The van der Waals surface area contributed by atoms with Crippen LogP contribution in [0.25, 0.3) is 0 Å². The number of sulfonamides is 1. The Labute approximate surface area is 146 Å². The summed E-state index contributed by atoms with van der Waals surface area (Å²) in [5.41, 5.74) is 1.18. The van der Waals surface area contributed by atoms with E-state index in [-0.39, 0.29) is 11.3 Å².